The highest BCUT2D eigenvalue weighted by Gasteiger charge is 2.38. The second-order valence-corrected chi connectivity index (χ2v) is 9.40. The molecular formula is C24H31N5O2. The highest BCUT2D eigenvalue weighted by Crippen LogP contribution is 2.38. The van der Waals surface area contributed by atoms with Crippen LogP contribution in [0, 0.1) is 0 Å². The van der Waals surface area contributed by atoms with Gasteiger partial charge in [-0.2, -0.15) is 5.10 Å². The third-order valence-electron chi connectivity index (χ3n) is 7.37. The van der Waals surface area contributed by atoms with Gasteiger partial charge < -0.3 is 9.72 Å². The minimum absolute atomic E-state index is 0.0245. The molecule has 7 heteroatoms. The number of hydrogen-bond acceptors (Lipinski definition) is 5. The van der Waals surface area contributed by atoms with E-state index in [1.807, 2.05) is 10.7 Å². The largest absolute Gasteiger partial charge is 0.497 e. The summed E-state index contributed by atoms with van der Waals surface area (Å²) in [5.41, 5.74) is 1.97. The molecule has 0 radical (unpaired) electrons. The molecule has 3 aromatic rings. The zero-order valence-electron chi connectivity index (χ0n) is 18.6. The molecule has 7 nitrogen and oxygen atoms in total. The number of likely N-dealkylation sites (tertiary alicyclic amines) is 1. The zero-order chi connectivity index (χ0) is 21.6. The Kier molecular flexibility index (Phi) is 5.08. The van der Waals surface area contributed by atoms with E-state index in [0.29, 0.717) is 11.4 Å². The lowest BCUT2D eigenvalue weighted by Gasteiger charge is -2.28. The minimum atomic E-state index is -0.0918. The summed E-state index contributed by atoms with van der Waals surface area (Å²) < 4.78 is 7.42. The number of hydrogen-bond donors (Lipinski definition) is 1. The fraction of sp³-hybridized carbons (Fsp3) is 0.542. The van der Waals surface area contributed by atoms with E-state index in [9.17, 15) is 4.79 Å². The van der Waals surface area contributed by atoms with Gasteiger partial charge in [-0.3, -0.25) is 9.69 Å². The van der Waals surface area contributed by atoms with Crippen LogP contribution in [0.4, 0.5) is 0 Å². The number of nitrogens with zero attached hydrogens (tertiary/aromatic N) is 4. The van der Waals surface area contributed by atoms with E-state index in [4.69, 9.17) is 9.72 Å². The van der Waals surface area contributed by atoms with Gasteiger partial charge in [-0.1, -0.05) is 31.9 Å². The van der Waals surface area contributed by atoms with Crippen molar-refractivity contribution in [2.45, 2.75) is 63.5 Å². The van der Waals surface area contributed by atoms with Crippen molar-refractivity contribution in [2.75, 3.05) is 20.2 Å². The minimum Gasteiger partial charge on any atom is -0.497 e. The van der Waals surface area contributed by atoms with Crippen molar-refractivity contribution in [2.24, 2.45) is 0 Å². The van der Waals surface area contributed by atoms with Gasteiger partial charge in [0.25, 0.3) is 5.56 Å². The van der Waals surface area contributed by atoms with Crippen molar-refractivity contribution in [3.8, 4) is 5.75 Å². The summed E-state index contributed by atoms with van der Waals surface area (Å²) in [6.45, 7) is 6.31. The number of H-pyrrole nitrogens is 1. The molecule has 164 valence electrons. The molecule has 1 saturated carbocycles. The van der Waals surface area contributed by atoms with Gasteiger partial charge in [-0.05, 0) is 50.4 Å². The molecule has 1 saturated heterocycles. The van der Waals surface area contributed by atoms with Crippen LogP contribution in [-0.4, -0.2) is 44.8 Å². The molecule has 31 heavy (non-hydrogen) atoms. The van der Waals surface area contributed by atoms with Crippen LogP contribution in [0.15, 0.2) is 35.3 Å². The quantitative estimate of drug-likeness (QED) is 0.675. The lowest BCUT2D eigenvalue weighted by molar-refractivity contribution is 0.238. The number of nitrogens with one attached hydrogen (secondary N) is 1. The molecule has 0 amide bonds. The van der Waals surface area contributed by atoms with Crippen LogP contribution in [-0.2, 0) is 5.41 Å². The first-order chi connectivity index (χ1) is 15.0. The first kappa shape index (κ1) is 20.2. The molecule has 2 aromatic heterocycles. The highest BCUT2D eigenvalue weighted by atomic mass is 16.5. The molecule has 3 heterocycles. The predicted molar refractivity (Wildman–Crippen MR) is 121 cm³/mol. The van der Waals surface area contributed by atoms with Crippen molar-refractivity contribution in [3.05, 3.63) is 52.2 Å². The number of ether oxygens (including phenoxy) is 1. The van der Waals surface area contributed by atoms with Crippen LogP contribution in [0.2, 0.25) is 0 Å². The van der Waals surface area contributed by atoms with Gasteiger partial charge in [0, 0.05) is 12.0 Å². The van der Waals surface area contributed by atoms with E-state index < -0.39 is 0 Å². The third kappa shape index (κ3) is 3.55. The second-order valence-electron chi connectivity index (χ2n) is 9.40. The first-order valence-corrected chi connectivity index (χ1v) is 11.3. The van der Waals surface area contributed by atoms with E-state index in [-0.39, 0.29) is 17.0 Å². The standard InChI is InChI=1S/C24H31N5O2/c1-16(28-12-11-24(2,15-28)17-7-6-10-19(13-17)31-3)21-26-22-20(23(30)27-21)14-25-29(22)18-8-4-5-9-18/h6-7,10,13-14,16,18H,4-5,8-9,11-12,15H2,1-3H3,(H,26,27,30)/t16-,24?/m1/s1. The predicted octanol–water partition coefficient (Wildman–Crippen LogP) is 3.97. The van der Waals surface area contributed by atoms with Gasteiger partial charge >= 0.3 is 0 Å². The van der Waals surface area contributed by atoms with Crippen LogP contribution in [0.5, 0.6) is 5.75 Å². The summed E-state index contributed by atoms with van der Waals surface area (Å²) in [5.74, 6) is 1.62. The Morgan fingerprint density at radius 2 is 2.10 bits per heavy atom. The van der Waals surface area contributed by atoms with E-state index in [1.165, 1.54) is 18.4 Å². The van der Waals surface area contributed by atoms with E-state index >= 15 is 0 Å². The normalized spacial score (nSPS) is 23.6. The Hall–Kier alpha value is -2.67. The molecule has 2 aliphatic rings. The summed E-state index contributed by atoms with van der Waals surface area (Å²) in [4.78, 5) is 23.2. The second kappa shape index (κ2) is 7.79. The molecule has 2 fully saturated rings. The number of aromatic amines is 1. The maximum atomic E-state index is 12.8. The Bertz CT molecular complexity index is 1150. The van der Waals surface area contributed by atoms with Gasteiger partial charge in [0.15, 0.2) is 5.65 Å². The number of aromatic nitrogens is 4. The molecule has 0 bridgehead atoms. The Labute approximate surface area is 182 Å². The Balaban J connectivity index is 1.43. The van der Waals surface area contributed by atoms with Crippen LogP contribution >= 0.6 is 0 Å². The Morgan fingerprint density at radius 3 is 2.87 bits per heavy atom. The summed E-state index contributed by atoms with van der Waals surface area (Å²) in [5, 5.41) is 5.11. The molecule has 1 aromatic carbocycles. The molecule has 1 aliphatic heterocycles. The molecule has 5 rings (SSSR count). The number of rotatable bonds is 5. The fourth-order valence-corrected chi connectivity index (χ4v) is 5.30. The average Bonchev–Trinajstić information content (AvgIpc) is 3.53. The van der Waals surface area contributed by atoms with Crippen LogP contribution < -0.4 is 10.3 Å². The number of fused-ring (bicyclic) bond motifs is 1. The molecule has 2 atom stereocenters. The van der Waals surface area contributed by atoms with Gasteiger partial charge in [-0.15, -0.1) is 0 Å². The molecule has 1 aliphatic carbocycles. The zero-order valence-corrected chi connectivity index (χ0v) is 18.6. The fourth-order valence-electron chi connectivity index (χ4n) is 5.30. The maximum Gasteiger partial charge on any atom is 0.262 e. The number of methoxy groups -OCH3 is 1. The van der Waals surface area contributed by atoms with Crippen LogP contribution in [0.25, 0.3) is 11.0 Å². The molecule has 0 spiro atoms. The van der Waals surface area contributed by atoms with E-state index in [0.717, 1.165) is 49.6 Å². The van der Waals surface area contributed by atoms with Crippen LogP contribution in [0.1, 0.15) is 69.4 Å². The maximum absolute atomic E-state index is 12.8. The molecule has 1 N–H and O–H groups in total. The van der Waals surface area contributed by atoms with Crippen molar-refractivity contribution in [1.29, 1.82) is 0 Å². The van der Waals surface area contributed by atoms with E-state index in [2.05, 4.69) is 47.0 Å². The third-order valence-corrected chi connectivity index (χ3v) is 7.37. The van der Waals surface area contributed by atoms with E-state index in [1.54, 1.807) is 13.3 Å². The van der Waals surface area contributed by atoms with Crippen molar-refractivity contribution >= 4 is 11.0 Å². The Morgan fingerprint density at radius 1 is 1.29 bits per heavy atom. The lowest BCUT2D eigenvalue weighted by Crippen LogP contribution is -2.32. The van der Waals surface area contributed by atoms with Gasteiger partial charge in [0.05, 0.1) is 25.4 Å². The summed E-state index contributed by atoms with van der Waals surface area (Å²) in [6.07, 6.45) is 7.38. The lowest BCUT2D eigenvalue weighted by atomic mass is 9.82. The smallest absolute Gasteiger partial charge is 0.262 e. The first-order valence-electron chi connectivity index (χ1n) is 11.3. The topological polar surface area (TPSA) is 76.0 Å². The van der Waals surface area contributed by atoms with Crippen molar-refractivity contribution in [1.82, 2.24) is 24.6 Å². The van der Waals surface area contributed by atoms with Gasteiger partial charge in [0.2, 0.25) is 0 Å². The number of benzene rings is 1. The SMILES string of the molecule is COc1cccc(C2(C)CCN([C@H](C)c3nc4c(cnn4C4CCCC4)c(=O)[nH]3)C2)c1. The summed E-state index contributed by atoms with van der Waals surface area (Å²) in [6, 6.07) is 8.75. The van der Waals surface area contributed by atoms with Crippen molar-refractivity contribution < 1.29 is 4.74 Å². The molecular weight excluding hydrogens is 390 g/mol. The summed E-state index contributed by atoms with van der Waals surface area (Å²) in [7, 11) is 1.71. The van der Waals surface area contributed by atoms with Crippen molar-refractivity contribution in [3.63, 3.8) is 0 Å². The summed E-state index contributed by atoms with van der Waals surface area (Å²) >= 11 is 0. The highest BCUT2D eigenvalue weighted by molar-refractivity contribution is 5.73. The van der Waals surface area contributed by atoms with Gasteiger partial charge in [0.1, 0.15) is 17.0 Å². The van der Waals surface area contributed by atoms with Crippen LogP contribution in [0.3, 0.4) is 0 Å². The average molecular weight is 422 g/mol. The molecule has 1 unspecified atom stereocenters. The monoisotopic (exact) mass is 421 g/mol. The van der Waals surface area contributed by atoms with Gasteiger partial charge in [-0.25, -0.2) is 9.67 Å².